The van der Waals surface area contributed by atoms with Crippen LogP contribution in [0.4, 0.5) is 0 Å². The van der Waals surface area contributed by atoms with E-state index in [1.165, 1.54) is 13.2 Å². The van der Waals surface area contributed by atoms with E-state index in [0.29, 0.717) is 12.0 Å². The Bertz CT molecular complexity index is 481. The van der Waals surface area contributed by atoms with Crippen LogP contribution in [-0.2, 0) is 4.74 Å². The van der Waals surface area contributed by atoms with Gasteiger partial charge in [-0.15, -0.1) is 0 Å². The van der Waals surface area contributed by atoms with Gasteiger partial charge in [0.05, 0.1) is 0 Å². The van der Waals surface area contributed by atoms with E-state index in [0.717, 1.165) is 4.57 Å². The molecule has 0 saturated heterocycles. The topological polar surface area (TPSA) is 75.2 Å². The third-order valence-electron chi connectivity index (χ3n) is 2.44. The van der Waals surface area contributed by atoms with E-state index >= 15 is 0 Å². The molecule has 5 heteroatoms. The molecule has 0 fully saturated rings. The fraction of sp³-hybridized carbons (Fsp3) is 0.455. The number of nitriles is 1. The van der Waals surface area contributed by atoms with Crippen molar-refractivity contribution in [1.29, 1.82) is 5.26 Å². The van der Waals surface area contributed by atoms with E-state index in [1.807, 2.05) is 13.0 Å². The summed E-state index contributed by atoms with van der Waals surface area (Å²) in [6, 6.07) is 3.19. The fourth-order valence-corrected chi connectivity index (χ4v) is 1.60. The van der Waals surface area contributed by atoms with Crippen LogP contribution in [0.3, 0.4) is 0 Å². The molecule has 0 aliphatic rings. The van der Waals surface area contributed by atoms with Gasteiger partial charge in [0.1, 0.15) is 17.9 Å². The molecule has 0 aliphatic carbocycles. The van der Waals surface area contributed by atoms with E-state index in [2.05, 4.69) is 0 Å². The monoisotopic (exact) mass is 222 g/mol. The van der Waals surface area contributed by atoms with E-state index in [-0.39, 0.29) is 17.0 Å². The molecule has 0 radical (unpaired) electrons. The van der Waals surface area contributed by atoms with Crippen LogP contribution < -0.4 is 5.56 Å². The summed E-state index contributed by atoms with van der Waals surface area (Å²) < 4.78 is 6.17. The molecule has 1 N–H and O–H groups in total. The molecule has 0 aliphatic heterocycles. The molecule has 1 heterocycles. The van der Waals surface area contributed by atoms with Crippen LogP contribution >= 0.6 is 0 Å². The molecule has 0 aromatic carbocycles. The third kappa shape index (κ3) is 1.92. The Hall–Kier alpha value is -1.80. The Balaban J connectivity index is 3.52. The number of aryl methyl sites for hydroxylation is 1. The Kier molecular flexibility index (Phi) is 3.69. The van der Waals surface area contributed by atoms with Gasteiger partial charge >= 0.3 is 0 Å². The maximum atomic E-state index is 11.7. The summed E-state index contributed by atoms with van der Waals surface area (Å²) in [6.07, 6.45) is -0.0297. The van der Waals surface area contributed by atoms with Gasteiger partial charge in [0.2, 0.25) is 5.88 Å². The second-order valence-electron chi connectivity index (χ2n) is 3.44. The summed E-state index contributed by atoms with van der Waals surface area (Å²) in [5.41, 5.74) is 0.199. The highest BCUT2D eigenvalue weighted by Crippen LogP contribution is 2.22. The van der Waals surface area contributed by atoms with Crippen LogP contribution in [0.1, 0.15) is 30.7 Å². The van der Waals surface area contributed by atoms with Gasteiger partial charge in [-0.1, -0.05) is 6.92 Å². The smallest absolute Gasteiger partial charge is 0.255 e. The predicted molar refractivity (Wildman–Crippen MR) is 58.2 cm³/mol. The standard InChI is InChI=1S/C11H14N2O3/c1-4-10(16-3)13-9(14)5-7(2)8(6-12)11(13)15/h5,10,15H,4H2,1-3H3. The molecule has 1 aromatic heterocycles. The number of nitrogens with zero attached hydrogens (tertiary/aromatic N) is 2. The predicted octanol–water partition coefficient (Wildman–Crippen LogP) is 1.29. The first kappa shape index (κ1) is 12.3. The summed E-state index contributed by atoms with van der Waals surface area (Å²) in [7, 11) is 1.45. The fourth-order valence-electron chi connectivity index (χ4n) is 1.60. The number of rotatable bonds is 3. The van der Waals surface area contributed by atoms with Crippen molar-refractivity contribution in [2.75, 3.05) is 7.11 Å². The Morgan fingerprint density at radius 2 is 2.31 bits per heavy atom. The first-order valence-electron chi connectivity index (χ1n) is 4.94. The first-order valence-corrected chi connectivity index (χ1v) is 4.94. The average molecular weight is 222 g/mol. The molecule has 1 aromatic rings. The van der Waals surface area contributed by atoms with Crippen LogP contribution in [0.15, 0.2) is 10.9 Å². The van der Waals surface area contributed by atoms with Crippen molar-refractivity contribution in [2.45, 2.75) is 26.5 Å². The van der Waals surface area contributed by atoms with Gasteiger partial charge in [-0.05, 0) is 18.9 Å². The number of pyridine rings is 1. The molecule has 0 saturated carbocycles. The molecular weight excluding hydrogens is 208 g/mol. The van der Waals surface area contributed by atoms with Crippen molar-refractivity contribution in [3.05, 3.63) is 27.5 Å². The molecule has 16 heavy (non-hydrogen) atoms. The van der Waals surface area contributed by atoms with Gasteiger partial charge in [-0.2, -0.15) is 5.26 Å². The van der Waals surface area contributed by atoms with Crippen LogP contribution in [0.25, 0.3) is 0 Å². The molecule has 1 atom stereocenters. The maximum absolute atomic E-state index is 11.7. The normalized spacial score (nSPS) is 12.1. The largest absolute Gasteiger partial charge is 0.493 e. The van der Waals surface area contributed by atoms with Crippen molar-refractivity contribution in [2.24, 2.45) is 0 Å². The maximum Gasteiger partial charge on any atom is 0.255 e. The lowest BCUT2D eigenvalue weighted by molar-refractivity contribution is 0.0320. The number of aromatic nitrogens is 1. The first-order chi connectivity index (χ1) is 7.56. The number of hydrogen-bond acceptors (Lipinski definition) is 4. The van der Waals surface area contributed by atoms with Crippen LogP contribution in [0.5, 0.6) is 5.88 Å². The summed E-state index contributed by atoms with van der Waals surface area (Å²) in [5.74, 6) is -0.332. The highest BCUT2D eigenvalue weighted by Gasteiger charge is 2.18. The SMILES string of the molecule is CCC(OC)n1c(O)c(C#N)c(C)cc1=O. The van der Waals surface area contributed by atoms with Gasteiger partial charge in [-0.25, -0.2) is 0 Å². The zero-order valence-electron chi connectivity index (χ0n) is 9.52. The van der Waals surface area contributed by atoms with Gasteiger partial charge in [0.25, 0.3) is 5.56 Å². The molecule has 86 valence electrons. The number of ether oxygens (including phenoxy) is 1. The molecule has 0 amide bonds. The van der Waals surface area contributed by atoms with E-state index in [1.54, 1.807) is 6.92 Å². The van der Waals surface area contributed by atoms with E-state index < -0.39 is 6.23 Å². The van der Waals surface area contributed by atoms with E-state index in [9.17, 15) is 9.90 Å². The minimum atomic E-state index is -0.555. The number of aromatic hydroxyl groups is 1. The summed E-state index contributed by atoms with van der Waals surface area (Å²) in [5, 5.41) is 18.7. The second-order valence-corrected chi connectivity index (χ2v) is 3.44. The molecule has 0 spiro atoms. The van der Waals surface area contributed by atoms with Gasteiger partial charge in [0, 0.05) is 13.2 Å². The summed E-state index contributed by atoms with van der Waals surface area (Å²) in [4.78, 5) is 11.7. The quantitative estimate of drug-likeness (QED) is 0.836. The van der Waals surface area contributed by atoms with E-state index in [4.69, 9.17) is 10.00 Å². The Morgan fingerprint density at radius 3 is 2.75 bits per heavy atom. The van der Waals surface area contributed by atoms with Crippen molar-refractivity contribution < 1.29 is 9.84 Å². The minimum Gasteiger partial charge on any atom is -0.493 e. The number of methoxy groups -OCH3 is 1. The molecule has 1 unspecified atom stereocenters. The van der Waals surface area contributed by atoms with Crippen LogP contribution in [-0.4, -0.2) is 16.8 Å². The van der Waals surface area contributed by atoms with Crippen LogP contribution in [0.2, 0.25) is 0 Å². The highest BCUT2D eigenvalue weighted by atomic mass is 16.5. The zero-order chi connectivity index (χ0) is 12.3. The lowest BCUT2D eigenvalue weighted by atomic mass is 10.1. The highest BCUT2D eigenvalue weighted by molar-refractivity contribution is 5.43. The number of hydrogen-bond donors (Lipinski definition) is 1. The van der Waals surface area contributed by atoms with Crippen molar-refractivity contribution in [1.82, 2.24) is 4.57 Å². The van der Waals surface area contributed by atoms with Crippen molar-refractivity contribution in [3.8, 4) is 11.9 Å². The average Bonchev–Trinajstić information content (AvgIpc) is 2.24. The van der Waals surface area contributed by atoms with Gasteiger partial charge in [-0.3, -0.25) is 9.36 Å². The lowest BCUT2D eigenvalue weighted by Gasteiger charge is -2.18. The third-order valence-corrected chi connectivity index (χ3v) is 2.44. The molecular formula is C11H14N2O3. The summed E-state index contributed by atoms with van der Waals surface area (Å²) in [6.45, 7) is 3.43. The van der Waals surface area contributed by atoms with Gasteiger partial charge in [0.15, 0.2) is 0 Å². The molecule has 1 rings (SSSR count). The van der Waals surface area contributed by atoms with Crippen molar-refractivity contribution >= 4 is 0 Å². The molecule has 0 bridgehead atoms. The van der Waals surface area contributed by atoms with Crippen LogP contribution in [0, 0.1) is 18.3 Å². The lowest BCUT2D eigenvalue weighted by Crippen LogP contribution is -2.26. The minimum absolute atomic E-state index is 0.107. The molecule has 5 nitrogen and oxygen atoms in total. The Morgan fingerprint density at radius 1 is 1.69 bits per heavy atom. The Labute approximate surface area is 93.5 Å². The second kappa shape index (κ2) is 4.81. The zero-order valence-corrected chi connectivity index (χ0v) is 9.52. The van der Waals surface area contributed by atoms with Gasteiger partial charge < -0.3 is 9.84 Å². The summed E-state index contributed by atoms with van der Waals surface area (Å²) >= 11 is 0. The van der Waals surface area contributed by atoms with Crippen molar-refractivity contribution in [3.63, 3.8) is 0 Å².